The van der Waals surface area contributed by atoms with Gasteiger partial charge in [0, 0.05) is 12.6 Å². The number of carbonyl (C=O) groups is 1. The number of alkyl halides is 2. The number of aromatic nitrogens is 2. The number of carbonyl (C=O) groups excluding carboxylic acids is 1. The van der Waals surface area contributed by atoms with Gasteiger partial charge in [-0.15, -0.1) is 11.8 Å². The average molecular weight is 557 g/mol. The van der Waals surface area contributed by atoms with Gasteiger partial charge in [-0.2, -0.15) is 10.7 Å². The van der Waals surface area contributed by atoms with Gasteiger partial charge in [-0.3, -0.25) is 9.79 Å². The second-order valence-electron chi connectivity index (χ2n) is 9.00. The van der Waals surface area contributed by atoms with Crippen molar-refractivity contribution >= 4 is 40.9 Å². The molecule has 2 atom stereocenters. The van der Waals surface area contributed by atoms with Crippen LogP contribution in [0.5, 0.6) is 0 Å². The third-order valence-electron chi connectivity index (χ3n) is 5.90. The first-order valence-electron chi connectivity index (χ1n) is 10.7. The van der Waals surface area contributed by atoms with E-state index in [1.807, 2.05) is 11.5 Å². The number of amides is 1. The minimum absolute atomic E-state index is 0.00820. The number of pyridine rings is 2. The lowest BCUT2D eigenvalue weighted by Gasteiger charge is -2.52. The summed E-state index contributed by atoms with van der Waals surface area (Å²) in [5, 5.41) is 21.5. The number of anilines is 1. The van der Waals surface area contributed by atoms with Crippen molar-refractivity contribution in [3.05, 3.63) is 52.2 Å². The van der Waals surface area contributed by atoms with Gasteiger partial charge in [-0.25, -0.2) is 23.1 Å². The highest BCUT2D eigenvalue weighted by atomic mass is 35.5. The molecule has 15 heteroatoms. The highest BCUT2D eigenvalue weighted by Gasteiger charge is 2.61. The minimum Gasteiger partial charge on any atom is -0.386 e. The normalized spacial score (nSPS) is 23.2. The first-order chi connectivity index (χ1) is 17.1. The van der Waals surface area contributed by atoms with Gasteiger partial charge in [0.2, 0.25) is 0 Å². The van der Waals surface area contributed by atoms with E-state index in [0.29, 0.717) is 0 Å². The van der Waals surface area contributed by atoms with Crippen molar-refractivity contribution < 1.29 is 23.2 Å². The molecule has 1 amide bonds. The molecule has 2 aromatic heterocycles. The number of nitrogens with one attached hydrogen (secondary N) is 2. The van der Waals surface area contributed by atoms with E-state index in [9.17, 15) is 18.8 Å². The molecule has 0 aliphatic carbocycles. The number of thioether (sulfide) groups is 1. The SMILES string of the molecule is CC1(C)SC(CC(F)(F)CN)(NO)[C@@](C)(c2nc(NC(=O)c3ncc(C#N)cc3Cl)ccc2F)N=C1N. The van der Waals surface area contributed by atoms with Gasteiger partial charge >= 0.3 is 0 Å². The maximum atomic E-state index is 15.2. The van der Waals surface area contributed by atoms with Crippen molar-refractivity contribution in [2.75, 3.05) is 11.9 Å². The van der Waals surface area contributed by atoms with Crippen LogP contribution in [-0.2, 0) is 5.54 Å². The highest BCUT2D eigenvalue weighted by Crippen LogP contribution is 2.56. The molecule has 0 saturated heterocycles. The number of nitrogens with zero attached hydrogens (tertiary/aromatic N) is 4. The fourth-order valence-electron chi connectivity index (χ4n) is 3.81. The molecule has 0 spiro atoms. The van der Waals surface area contributed by atoms with Gasteiger partial charge in [0.05, 0.1) is 21.9 Å². The van der Waals surface area contributed by atoms with Crippen molar-refractivity contribution in [1.82, 2.24) is 15.4 Å². The van der Waals surface area contributed by atoms with E-state index in [2.05, 4.69) is 20.3 Å². The van der Waals surface area contributed by atoms with E-state index in [-0.39, 0.29) is 27.9 Å². The van der Waals surface area contributed by atoms with Crippen molar-refractivity contribution in [3.63, 3.8) is 0 Å². The number of aliphatic imine (C=N–C) groups is 1. The zero-order valence-electron chi connectivity index (χ0n) is 19.9. The van der Waals surface area contributed by atoms with Crippen LogP contribution in [0.25, 0.3) is 0 Å². The topological polar surface area (TPSA) is 175 Å². The van der Waals surface area contributed by atoms with Crippen molar-refractivity contribution in [1.29, 1.82) is 5.26 Å². The maximum Gasteiger partial charge on any atom is 0.276 e. The Morgan fingerprint density at radius 2 is 2.03 bits per heavy atom. The number of amidine groups is 1. The minimum atomic E-state index is -3.48. The van der Waals surface area contributed by atoms with Crippen molar-refractivity contribution in [2.45, 2.75) is 48.3 Å². The first-order valence-corrected chi connectivity index (χ1v) is 11.9. The molecule has 1 unspecified atom stereocenters. The average Bonchev–Trinajstić information content (AvgIpc) is 2.83. The second kappa shape index (κ2) is 10.1. The number of hydrogen-bond acceptors (Lipinski definition) is 10. The Hall–Kier alpha value is -2.96. The third kappa shape index (κ3) is 5.36. The summed E-state index contributed by atoms with van der Waals surface area (Å²) in [5.41, 5.74) is 10.7. The quantitative estimate of drug-likeness (QED) is 0.321. The van der Waals surface area contributed by atoms with E-state index < -0.39 is 51.5 Å². The van der Waals surface area contributed by atoms with Crippen LogP contribution in [0.2, 0.25) is 5.02 Å². The molecule has 0 aromatic carbocycles. The Bertz CT molecular complexity index is 1310. The van der Waals surface area contributed by atoms with Crippen LogP contribution < -0.4 is 22.3 Å². The van der Waals surface area contributed by atoms with Crippen LogP contribution >= 0.6 is 23.4 Å². The van der Waals surface area contributed by atoms with E-state index in [1.165, 1.54) is 13.0 Å². The van der Waals surface area contributed by atoms with Crippen LogP contribution in [0.4, 0.5) is 19.0 Å². The molecule has 0 radical (unpaired) electrons. The first kappa shape index (κ1) is 28.6. The van der Waals surface area contributed by atoms with E-state index in [1.54, 1.807) is 13.8 Å². The molecular weight excluding hydrogens is 533 g/mol. The predicted molar refractivity (Wildman–Crippen MR) is 133 cm³/mol. The zero-order chi connectivity index (χ0) is 27.8. The number of rotatable bonds is 7. The van der Waals surface area contributed by atoms with Crippen LogP contribution in [0, 0.1) is 17.1 Å². The standard InChI is InChI=1S/C22H24ClF3N8O2S/c1-19(2)18(29)33-20(3,22(34-36,37-19)9-21(25,26)10-28)16-13(24)4-5-14(31-16)32-17(35)15-12(23)6-11(7-27)8-30-15/h4-6,8,34,36H,9-10,28H2,1-3H3,(H2,29,33)(H,31,32,35)/t20-,22?/m1/s1. The lowest BCUT2D eigenvalue weighted by Crippen LogP contribution is -2.65. The molecule has 2 aromatic rings. The molecular formula is C22H24ClF3N8O2S. The van der Waals surface area contributed by atoms with Gasteiger partial charge in [0.25, 0.3) is 11.8 Å². The predicted octanol–water partition coefficient (Wildman–Crippen LogP) is 3.15. The maximum absolute atomic E-state index is 15.2. The zero-order valence-corrected chi connectivity index (χ0v) is 21.5. The Labute approximate surface area is 219 Å². The van der Waals surface area contributed by atoms with E-state index in [0.717, 1.165) is 30.1 Å². The van der Waals surface area contributed by atoms with Gasteiger partial charge in [0.1, 0.15) is 45.3 Å². The number of hydroxylamine groups is 1. The monoisotopic (exact) mass is 556 g/mol. The summed E-state index contributed by atoms with van der Waals surface area (Å²) < 4.78 is 43.5. The molecule has 7 N–H and O–H groups in total. The van der Waals surface area contributed by atoms with Gasteiger partial charge in [-0.05, 0) is 39.0 Å². The van der Waals surface area contributed by atoms with E-state index >= 15 is 4.39 Å². The lowest BCUT2D eigenvalue weighted by molar-refractivity contribution is -0.0492. The third-order valence-corrected chi connectivity index (χ3v) is 7.89. The Balaban J connectivity index is 2.12. The molecule has 0 saturated carbocycles. The van der Waals surface area contributed by atoms with E-state index in [4.69, 9.17) is 28.3 Å². The molecule has 198 valence electrons. The summed E-state index contributed by atoms with van der Waals surface area (Å²) in [6.45, 7) is 3.46. The van der Waals surface area contributed by atoms with Crippen molar-refractivity contribution in [2.24, 2.45) is 16.5 Å². The largest absolute Gasteiger partial charge is 0.386 e. The molecule has 0 fully saturated rings. The second-order valence-corrected chi connectivity index (χ2v) is 11.3. The smallest absolute Gasteiger partial charge is 0.276 e. The van der Waals surface area contributed by atoms with Gasteiger partial charge in [-0.1, -0.05) is 11.6 Å². The summed E-state index contributed by atoms with van der Waals surface area (Å²) in [4.78, 5) is 23.0. The number of halogens is 4. The summed E-state index contributed by atoms with van der Waals surface area (Å²) in [5.74, 6) is -5.46. The molecule has 1 aliphatic heterocycles. The molecule has 10 nitrogen and oxygen atoms in total. The fraction of sp³-hybridized carbons (Fsp3) is 0.409. The van der Waals surface area contributed by atoms with Gasteiger partial charge < -0.3 is 22.0 Å². The summed E-state index contributed by atoms with van der Waals surface area (Å²) in [6.07, 6.45) is 0.0829. The Morgan fingerprint density at radius 3 is 2.59 bits per heavy atom. The molecule has 1 aliphatic rings. The lowest BCUT2D eigenvalue weighted by atomic mass is 9.83. The number of nitrogens with two attached hydrogens (primary N) is 2. The summed E-state index contributed by atoms with van der Waals surface area (Å²) in [7, 11) is 0. The molecule has 3 heterocycles. The van der Waals surface area contributed by atoms with Crippen LogP contribution in [0.3, 0.4) is 0 Å². The summed E-state index contributed by atoms with van der Waals surface area (Å²) in [6, 6.07) is 5.16. The van der Waals surface area contributed by atoms with Crippen LogP contribution in [-0.4, -0.2) is 49.0 Å². The summed E-state index contributed by atoms with van der Waals surface area (Å²) >= 11 is 6.86. The molecule has 37 heavy (non-hydrogen) atoms. The van der Waals surface area contributed by atoms with Crippen LogP contribution in [0.15, 0.2) is 29.4 Å². The Kier molecular flexibility index (Phi) is 7.79. The highest BCUT2D eigenvalue weighted by molar-refractivity contribution is 8.02. The molecule has 3 rings (SSSR count). The fourth-order valence-corrected chi connectivity index (χ4v) is 5.75. The van der Waals surface area contributed by atoms with Crippen LogP contribution in [0.1, 0.15) is 48.9 Å². The Morgan fingerprint density at radius 1 is 1.35 bits per heavy atom. The molecule has 0 bridgehead atoms. The van der Waals surface area contributed by atoms with Gasteiger partial charge in [0.15, 0.2) is 0 Å². The van der Waals surface area contributed by atoms with Crippen molar-refractivity contribution in [3.8, 4) is 6.07 Å². The number of nitriles is 1. The number of hydrogen-bond donors (Lipinski definition) is 5.